The number of imidazole rings is 1. The van der Waals surface area contributed by atoms with Crippen LogP contribution in [0.15, 0.2) is 42.7 Å². The fourth-order valence-corrected chi connectivity index (χ4v) is 2.34. The third-order valence-corrected chi connectivity index (χ3v) is 3.44. The number of carbonyl (C=O) groups is 1. The molecule has 0 aliphatic heterocycles. The van der Waals surface area contributed by atoms with Crippen LogP contribution < -0.4 is 0 Å². The molecule has 100 valence electrons. The van der Waals surface area contributed by atoms with Crippen LogP contribution in [0.1, 0.15) is 21.6 Å². The number of nitrogens with zero attached hydrogens (tertiary/aromatic N) is 2. The second-order valence-electron chi connectivity index (χ2n) is 4.89. The Hall–Kier alpha value is -2.62. The van der Waals surface area contributed by atoms with Crippen LogP contribution in [0.2, 0.25) is 0 Å². The summed E-state index contributed by atoms with van der Waals surface area (Å²) < 4.78 is 2.05. The van der Waals surface area contributed by atoms with E-state index in [9.17, 15) is 4.79 Å². The first-order valence-corrected chi connectivity index (χ1v) is 6.34. The van der Waals surface area contributed by atoms with E-state index in [1.54, 1.807) is 12.1 Å². The summed E-state index contributed by atoms with van der Waals surface area (Å²) in [4.78, 5) is 15.3. The van der Waals surface area contributed by atoms with Crippen molar-refractivity contribution in [1.82, 2.24) is 9.38 Å². The Kier molecular flexibility index (Phi) is 2.79. The van der Waals surface area contributed by atoms with Crippen molar-refractivity contribution < 1.29 is 9.90 Å². The lowest BCUT2D eigenvalue weighted by molar-refractivity contribution is 0.0697. The van der Waals surface area contributed by atoms with Crippen molar-refractivity contribution in [3.8, 4) is 11.1 Å². The number of carboxylic acid groups (broad SMARTS) is 1. The number of benzene rings is 1. The van der Waals surface area contributed by atoms with Crippen LogP contribution in [0.3, 0.4) is 0 Å². The van der Waals surface area contributed by atoms with E-state index in [4.69, 9.17) is 5.11 Å². The lowest BCUT2D eigenvalue weighted by atomic mass is 10.0. The van der Waals surface area contributed by atoms with Gasteiger partial charge in [0.25, 0.3) is 0 Å². The summed E-state index contributed by atoms with van der Waals surface area (Å²) >= 11 is 0. The molecule has 0 saturated heterocycles. The molecule has 0 unspecified atom stereocenters. The van der Waals surface area contributed by atoms with E-state index < -0.39 is 5.97 Å². The van der Waals surface area contributed by atoms with Crippen LogP contribution >= 0.6 is 0 Å². The Morgan fingerprint density at radius 3 is 2.50 bits per heavy atom. The predicted octanol–water partition coefficient (Wildman–Crippen LogP) is 3.32. The molecule has 20 heavy (non-hydrogen) atoms. The van der Waals surface area contributed by atoms with Gasteiger partial charge in [0, 0.05) is 18.1 Å². The van der Waals surface area contributed by atoms with Gasteiger partial charge in [-0.1, -0.05) is 12.1 Å². The molecular formula is C16H14N2O2. The Bertz CT molecular complexity index is 801. The summed E-state index contributed by atoms with van der Waals surface area (Å²) in [5, 5.41) is 8.93. The van der Waals surface area contributed by atoms with Gasteiger partial charge in [-0.3, -0.25) is 0 Å². The van der Waals surface area contributed by atoms with Crippen molar-refractivity contribution in [3.05, 3.63) is 59.5 Å². The number of aromatic carboxylic acids is 1. The highest BCUT2D eigenvalue weighted by molar-refractivity contribution is 5.88. The molecule has 0 atom stereocenters. The number of hydrogen-bond donors (Lipinski definition) is 1. The van der Waals surface area contributed by atoms with Gasteiger partial charge >= 0.3 is 5.97 Å². The van der Waals surface area contributed by atoms with E-state index in [1.165, 1.54) is 0 Å². The number of pyridine rings is 1. The normalized spacial score (nSPS) is 10.9. The summed E-state index contributed by atoms with van der Waals surface area (Å²) in [6.45, 7) is 4.04. The molecule has 0 aliphatic carbocycles. The Morgan fingerprint density at radius 2 is 1.85 bits per heavy atom. The zero-order valence-electron chi connectivity index (χ0n) is 11.3. The average molecular weight is 266 g/mol. The molecule has 3 rings (SSSR count). The highest BCUT2D eigenvalue weighted by atomic mass is 16.4. The van der Waals surface area contributed by atoms with Gasteiger partial charge in [-0.2, -0.15) is 0 Å². The Morgan fingerprint density at radius 1 is 1.15 bits per heavy atom. The molecule has 0 radical (unpaired) electrons. The maximum atomic E-state index is 10.9. The van der Waals surface area contributed by atoms with Crippen molar-refractivity contribution in [3.63, 3.8) is 0 Å². The van der Waals surface area contributed by atoms with Crippen LogP contribution in [-0.2, 0) is 0 Å². The lowest BCUT2D eigenvalue weighted by Gasteiger charge is -2.07. The van der Waals surface area contributed by atoms with Gasteiger partial charge in [-0.25, -0.2) is 9.78 Å². The molecule has 0 saturated carbocycles. The first-order chi connectivity index (χ1) is 9.56. The summed E-state index contributed by atoms with van der Waals surface area (Å²) in [5.74, 6) is -0.909. The van der Waals surface area contributed by atoms with Gasteiger partial charge in [0.2, 0.25) is 0 Å². The molecule has 4 nitrogen and oxygen atoms in total. The van der Waals surface area contributed by atoms with Crippen molar-refractivity contribution in [2.45, 2.75) is 13.8 Å². The van der Waals surface area contributed by atoms with Crippen LogP contribution in [0.4, 0.5) is 0 Å². The summed E-state index contributed by atoms with van der Waals surface area (Å²) in [7, 11) is 0. The molecule has 3 aromatic rings. The molecule has 1 N–H and O–H groups in total. The monoisotopic (exact) mass is 266 g/mol. The third kappa shape index (κ3) is 1.95. The van der Waals surface area contributed by atoms with E-state index in [0.717, 1.165) is 28.0 Å². The molecule has 0 spiro atoms. The van der Waals surface area contributed by atoms with E-state index >= 15 is 0 Å². The van der Waals surface area contributed by atoms with Gasteiger partial charge in [-0.05, 0) is 48.7 Å². The minimum Gasteiger partial charge on any atom is -0.478 e. The largest absolute Gasteiger partial charge is 0.478 e. The third-order valence-electron chi connectivity index (χ3n) is 3.44. The van der Waals surface area contributed by atoms with Crippen LogP contribution in [0.5, 0.6) is 0 Å². The van der Waals surface area contributed by atoms with Gasteiger partial charge in [-0.15, -0.1) is 0 Å². The van der Waals surface area contributed by atoms with E-state index in [0.29, 0.717) is 5.56 Å². The first-order valence-electron chi connectivity index (χ1n) is 6.34. The standard InChI is InChI=1S/C16H14N2O2/c1-10-7-14(9-18-11(2)8-17-15(10)18)12-3-5-13(6-4-12)16(19)20/h3-9H,1-2H3,(H,19,20). The molecule has 0 bridgehead atoms. The van der Waals surface area contributed by atoms with Crippen LogP contribution in [0.25, 0.3) is 16.8 Å². The SMILES string of the molecule is Cc1cc(-c2ccc(C(=O)O)cc2)cn2c(C)cnc12. The fraction of sp³-hybridized carbons (Fsp3) is 0.125. The molecule has 0 fully saturated rings. The number of aromatic nitrogens is 2. The maximum absolute atomic E-state index is 10.9. The predicted molar refractivity (Wildman–Crippen MR) is 77.1 cm³/mol. The maximum Gasteiger partial charge on any atom is 0.335 e. The first kappa shape index (κ1) is 12.4. The second kappa shape index (κ2) is 4.49. The van der Waals surface area contributed by atoms with Crippen molar-refractivity contribution in [1.29, 1.82) is 0 Å². The highest BCUT2D eigenvalue weighted by Gasteiger charge is 2.07. The molecule has 0 amide bonds. The van der Waals surface area contributed by atoms with E-state index in [2.05, 4.69) is 15.5 Å². The Balaban J connectivity index is 2.14. The molecule has 1 aromatic carbocycles. The quantitative estimate of drug-likeness (QED) is 0.774. The summed E-state index contributed by atoms with van der Waals surface area (Å²) in [6.07, 6.45) is 3.88. The highest BCUT2D eigenvalue weighted by Crippen LogP contribution is 2.23. The van der Waals surface area contributed by atoms with Crippen molar-refractivity contribution in [2.24, 2.45) is 0 Å². The zero-order chi connectivity index (χ0) is 14.3. The van der Waals surface area contributed by atoms with Gasteiger partial charge < -0.3 is 9.51 Å². The minimum absolute atomic E-state index is 0.297. The minimum atomic E-state index is -0.909. The Labute approximate surface area is 116 Å². The molecule has 2 heterocycles. The van der Waals surface area contributed by atoms with Crippen LogP contribution in [0, 0.1) is 13.8 Å². The van der Waals surface area contributed by atoms with E-state index in [-0.39, 0.29) is 0 Å². The fourth-order valence-electron chi connectivity index (χ4n) is 2.34. The smallest absolute Gasteiger partial charge is 0.335 e. The van der Waals surface area contributed by atoms with Crippen molar-refractivity contribution in [2.75, 3.05) is 0 Å². The van der Waals surface area contributed by atoms with Crippen molar-refractivity contribution >= 4 is 11.6 Å². The number of rotatable bonds is 2. The van der Waals surface area contributed by atoms with Crippen LogP contribution in [-0.4, -0.2) is 20.5 Å². The van der Waals surface area contributed by atoms with Gasteiger partial charge in [0.05, 0.1) is 5.56 Å². The molecular weight excluding hydrogens is 252 g/mol. The number of hydrogen-bond acceptors (Lipinski definition) is 2. The van der Waals surface area contributed by atoms with Gasteiger partial charge in [0.15, 0.2) is 0 Å². The molecule has 0 aliphatic rings. The topological polar surface area (TPSA) is 54.6 Å². The lowest BCUT2D eigenvalue weighted by Crippen LogP contribution is -1.96. The second-order valence-corrected chi connectivity index (χ2v) is 4.89. The number of aryl methyl sites for hydroxylation is 2. The number of fused-ring (bicyclic) bond motifs is 1. The average Bonchev–Trinajstić information content (AvgIpc) is 2.81. The summed E-state index contributed by atoms with van der Waals surface area (Å²) in [6, 6.07) is 8.97. The molecule has 4 heteroatoms. The van der Waals surface area contributed by atoms with Gasteiger partial charge in [0.1, 0.15) is 5.65 Å². The van der Waals surface area contributed by atoms with E-state index in [1.807, 2.05) is 38.4 Å². The number of carboxylic acids is 1. The summed E-state index contributed by atoms with van der Waals surface area (Å²) in [5.41, 5.74) is 5.46. The molecule has 2 aromatic heterocycles. The zero-order valence-corrected chi connectivity index (χ0v) is 11.3.